The van der Waals surface area contributed by atoms with Gasteiger partial charge in [0.2, 0.25) is 0 Å². The fourth-order valence-corrected chi connectivity index (χ4v) is 3.77. The lowest BCUT2D eigenvalue weighted by molar-refractivity contribution is 0.102. The Hall–Kier alpha value is -2.53. The van der Waals surface area contributed by atoms with Crippen LogP contribution in [0.5, 0.6) is 11.5 Å². The van der Waals surface area contributed by atoms with Gasteiger partial charge >= 0.3 is 0 Å². The number of nitrogens with one attached hydrogen (secondary N) is 1. The van der Waals surface area contributed by atoms with E-state index >= 15 is 0 Å². The molecule has 0 aromatic heterocycles. The Labute approximate surface area is 160 Å². The van der Waals surface area contributed by atoms with Gasteiger partial charge in [0.15, 0.2) is 11.5 Å². The van der Waals surface area contributed by atoms with Crippen LogP contribution >= 0.6 is 0 Å². The lowest BCUT2D eigenvalue weighted by atomic mass is 9.99. The van der Waals surface area contributed by atoms with Crippen molar-refractivity contribution in [2.75, 3.05) is 31.6 Å². The quantitative estimate of drug-likeness (QED) is 0.890. The molecule has 27 heavy (non-hydrogen) atoms. The number of fused-ring (bicyclic) bond motifs is 1. The van der Waals surface area contributed by atoms with Crippen molar-refractivity contribution < 1.29 is 14.3 Å². The highest BCUT2D eigenvalue weighted by atomic mass is 16.6. The molecule has 2 heterocycles. The normalized spacial score (nSPS) is 19.5. The van der Waals surface area contributed by atoms with Gasteiger partial charge in [-0.05, 0) is 55.1 Å². The molecule has 4 rings (SSSR count). The van der Waals surface area contributed by atoms with Gasteiger partial charge in [-0.15, -0.1) is 0 Å². The van der Waals surface area contributed by atoms with Crippen LogP contribution in [0, 0.1) is 5.92 Å². The summed E-state index contributed by atoms with van der Waals surface area (Å²) < 4.78 is 11.1. The summed E-state index contributed by atoms with van der Waals surface area (Å²) in [5.41, 5.74) is 2.61. The zero-order chi connectivity index (χ0) is 18.6. The summed E-state index contributed by atoms with van der Waals surface area (Å²) in [5, 5.41) is 2.93. The average Bonchev–Trinajstić information content (AvgIpc) is 2.68. The van der Waals surface area contributed by atoms with E-state index in [9.17, 15) is 4.79 Å². The van der Waals surface area contributed by atoms with Crippen LogP contribution in [0.15, 0.2) is 42.5 Å². The van der Waals surface area contributed by atoms with Crippen molar-refractivity contribution in [3.8, 4) is 11.5 Å². The van der Waals surface area contributed by atoms with E-state index in [4.69, 9.17) is 9.47 Å². The molecule has 0 bridgehead atoms. The maximum absolute atomic E-state index is 12.5. The van der Waals surface area contributed by atoms with Crippen LogP contribution in [-0.2, 0) is 6.54 Å². The first-order chi connectivity index (χ1) is 13.2. The third-order valence-electron chi connectivity index (χ3n) is 5.16. The van der Waals surface area contributed by atoms with Gasteiger partial charge in [-0.25, -0.2) is 0 Å². The van der Waals surface area contributed by atoms with Crippen molar-refractivity contribution in [2.45, 2.75) is 26.3 Å². The molecule has 2 aromatic rings. The lowest BCUT2D eigenvalue weighted by Crippen LogP contribution is -2.33. The van der Waals surface area contributed by atoms with Crippen molar-refractivity contribution in [1.82, 2.24) is 4.90 Å². The van der Waals surface area contributed by atoms with Crippen LogP contribution in [0.2, 0.25) is 0 Å². The molecule has 0 spiro atoms. The van der Waals surface area contributed by atoms with Crippen molar-refractivity contribution in [2.24, 2.45) is 5.92 Å². The molecule has 0 aliphatic carbocycles. The number of hydrogen-bond donors (Lipinski definition) is 1. The van der Waals surface area contributed by atoms with E-state index in [0.29, 0.717) is 30.2 Å². The summed E-state index contributed by atoms with van der Waals surface area (Å²) >= 11 is 0. The van der Waals surface area contributed by atoms with E-state index in [2.05, 4.69) is 29.3 Å². The molecule has 0 radical (unpaired) electrons. The zero-order valence-electron chi connectivity index (χ0n) is 15.7. The SMILES string of the molecule is C[C@@H]1CCCN(Cc2ccc(C(=O)Nc3ccc4c(c3)OCCO4)cc2)C1. The molecule has 142 valence electrons. The van der Waals surface area contributed by atoms with Crippen molar-refractivity contribution >= 4 is 11.6 Å². The molecular formula is C22H26N2O3. The van der Waals surface area contributed by atoms with Crippen molar-refractivity contribution in [3.05, 3.63) is 53.6 Å². The van der Waals surface area contributed by atoms with Gasteiger partial charge in [-0.3, -0.25) is 9.69 Å². The third-order valence-corrected chi connectivity index (χ3v) is 5.16. The molecule has 5 nitrogen and oxygen atoms in total. The number of rotatable bonds is 4. The molecule has 0 unspecified atom stereocenters. The number of likely N-dealkylation sites (tertiary alicyclic amines) is 1. The number of anilines is 1. The van der Waals surface area contributed by atoms with E-state index in [-0.39, 0.29) is 5.91 Å². The summed E-state index contributed by atoms with van der Waals surface area (Å²) in [4.78, 5) is 15.0. The molecule has 1 saturated heterocycles. The minimum Gasteiger partial charge on any atom is -0.486 e. The molecule has 1 N–H and O–H groups in total. The standard InChI is InChI=1S/C22H26N2O3/c1-16-3-2-10-24(14-16)15-17-4-6-18(7-5-17)22(25)23-19-8-9-20-21(13-19)27-12-11-26-20/h4-9,13,16H,2-3,10-12,14-15H2,1H3,(H,23,25)/t16-/m1/s1. The van der Waals surface area contributed by atoms with Crippen LogP contribution < -0.4 is 14.8 Å². The Morgan fingerprint density at radius 1 is 1.11 bits per heavy atom. The minimum absolute atomic E-state index is 0.121. The Bertz CT molecular complexity index is 804. The first-order valence-corrected chi connectivity index (χ1v) is 9.70. The number of nitrogens with zero attached hydrogens (tertiary/aromatic N) is 1. The van der Waals surface area contributed by atoms with Gasteiger partial charge in [0.05, 0.1) is 0 Å². The highest BCUT2D eigenvalue weighted by Crippen LogP contribution is 2.32. The van der Waals surface area contributed by atoms with Crippen molar-refractivity contribution in [1.29, 1.82) is 0 Å². The number of amides is 1. The summed E-state index contributed by atoms with van der Waals surface area (Å²) in [6.07, 6.45) is 2.60. The Balaban J connectivity index is 1.37. The first kappa shape index (κ1) is 17.9. The molecule has 2 aromatic carbocycles. The number of piperidine rings is 1. The molecular weight excluding hydrogens is 340 g/mol. The lowest BCUT2D eigenvalue weighted by Gasteiger charge is -2.30. The van der Waals surface area contributed by atoms with E-state index in [0.717, 1.165) is 31.3 Å². The van der Waals surface area contributed by atoms with Crippen LogP contribution in [0.25, 0.3) is 0 Å². The highest BCUT2D eigenvalue weighted by Gasteiger charge is 2.17. The van der Waals surface area contributed by atoms with Gasteiger partial charge < -0.3 is 14.8 Å². The summed E-state index contributed by atoms with van der Waals surface area (Å²) in [6, 6.07) is 13.4. The second kappa shape index (κ2) is 8.01. The van der Waals surface area contributed by atoms with Crippen LogP contribution in [-0.4, -0.2) is 37.1 Å². The number of carbonyl (C=O) groups excluding carboxylic acids is 1. The molecule has 0 saturated carbocycles. The number of hydrogen-bond acceptors (Lipinski definition) is 4. The first-order valence-electron chi connectivity index (χ1n) is 9.70. The smallest absolute Gasteiger partial charge is 0.255 e. The molecule has 1 amide bonds. The fourth-order valence-electron chi connectivity index (χ4n) is 3.77. The van der Waals surface area contributed by atoms with Crippen molar-refractivity contribution in [3.63, 3.8) is 0 Å². The maximum Gasteiger partial charge on any atom is 0.255 e. The molecule has 1 atom stereocenters. The largest absolute Gasteiger partial charge is 0.486 e. The van der Waals surface area contributed by atoms with Crippen LogP contribution in [0.4, 0.5) is 5.69 Å². The second-order valence-corrected chi connectivity index (χ2v) is 7.49. The predicted octanol–water partition coefficient (Wildman–Crippen LogP) is 3.94. The molecule has 1 fully saturated rings. The number of benzene rings is 2. The molecule has 2 aliphatic rings. The van der Waals surface area contributed by atoms with Gasteiger partial charge in [-0.2, -0.15) is 0 Å². The third kappa shape index (κ3) is 4.42. The summed E-state index contributed by atoms with van der Waals surface area (Å²) in [5.74, 6) is 2.04. The fraction of sp³-hybridized carbons (Fsp3) is 0.409. The van der Waals surface area contributed by atoms with Gasteiger partial charge in [-0.1, -0.05) is 19.1 Å². The number of carbonyl (C=O) groups is 1. The molecule has 2 aliphatic heterocycles. The highest BCUT2D eigenvalue weighted by molar-refractivity contribution is 6.04. The maximum atomic E-state index is 12.5. The zero-order valence-corrected chi connectivity index (χ0v) is 15.7. The van der Waals surface area contributed by atoms with Gasteiger partial charge in [0.1, 0.15) is 13.2 Å². The van der Waals surface area contributed by atoms with Gasteiger partial charge in [0, 0.05) is 30.4 Å². The van der Waals surface area contributed by atoms with Crippen LogP contribution in [0.3, 0.4) is 0 Å². The van der Waals surface area contributed by atoms with E-state index in [1.807, 2.05) is 24.3 Å². The Morgan fingerprint density at radius 3 is 2.67 bits per heavy atom. The minimum atomic E-state index is -0.121. The Kier molecular flexibility index (Phi) is 5.30. The summed E-state index contributed by atoms with van der Waals surface area (Å²) in [7, 11) is 0. The van der Waals surface area contributed by atoms with Gasteiger partial charge in [0.25, 0.3) is 5.91 Å². The second-order valence-electron chi connectivity index (χ2n) is 7.49. The summed E-state index contributed by atoms with van der Waals surface area (Å²) in [6.45, 7) is 6.68. The van der Waals surface area contributed by atoms with E-state index in [1.54, 1.807) is 6.07 Å². The predicted molar refractivity (Wildman–Crippen MR) is 106 cm³/mol. The Morgan fingerprint density at radius 2 is 1.89 bits per heavy atom. The van der Waals surface area contributed by atoms with E-state index < -0.39 is 0 Å². The molecule has 5 heteroatoms. The van der Waals surface area contributed by atoms with Crippen LogP contribution in [0.1, 0.15) is 35.7 Å². The number of ether oxygens (including phenoxy) is 2. The average molecular weight is 366 g/mol. The van der Waals surface area contributed by atoms with E-state index in [1.165, 1.54) is 18.4 Å². The topological polar surface area (TPSA) is 50.8 Å². The monoisotopic (exact) mass is 366 g/mol.